The zero-order valence-corrected chi connectivity index (χ0v) is 11.2. The molecule has 0 spiro atoms. The largest absolute Gasteiger partial charge is 0.462 e. The van der Waals surface area contributed by atoms with Gasteiger partial charge in [-0.3, -0.25) is 14.9 Å². The number of aromatic nitrogens is 4. The molecule has 1 N–H and O–H groups in total. The lowest BCUT2D eigenvalue weighted by Crippen LogP contribution is -2.15. The van der Waals surface area contributed by atoms with Crippen molar-refractivity contribution in [2.75, 3.05) is 6.61 Å². The van der Waals surface area contributed by atoms with Crippen molar-refractivity contribution in [3.63, 3.8) is 0 Å². The molecule has 3 aromatic rings. The van der Waals surface area contributed by atoms with Gasteiger partial charge in [0.05, 0.1) is 12.3 Å². The molecule has 0 saturated heterocycles. The lowest BCUT2D eigenvalue weighted by Gasteiger charge is -2.02. The molecule has 0 amide bonds. The Kier molecular flexibility index (Phi) is 3.23. The van der Waals surface area contributed by atoms with Gasteiger partial charge in [0.15, 0.2) is 5.65 Å². The predicted octanol–water partition coefficient (Wildman–Crippen LogP) is 1.26. The fourth-order valence-electron chi connectivity index (χ4n) is 2.01. The van der Waals surface area contributed by atoms with Gasteiger partial charge >= 0.3 is 5.97 Å². The maximum atomic E-state index is 12.1. The van der Waals surface area contributed by atoms with Gasteiger partial charge < -0.3 is 4.74 Å². The molecule has 3 heterocycles. The van der Waals surface area contributed by atoms with Crippen molar-refractivity contribution in [3.05, 3.63) is 52.7 Å². The number of H-pyrrole nitrogens is 1. The number of carbonyl (C=O) groups excluding carboxylic acids is 1. The van der Waals surface area contributed by atoms with Gasteiger partial charge in [-0.1, -0.05) is 0 Å². The van der Waals surface area contributed by atoms with E-state index in [4.69, 9.17) is 4.74 Å². The van der Waals surface area contributed by atoms with E-state index in [1.54, 1.807) is 31.5 Å². The Balaban J connectivity index is 2.20. The summed E-state index contributed by atoms with van der Waals surface area (Å²) in [6.07, 6.45) is 4.64. The first-order valence-electron chi connectivity index (χ1n) is 6.39. The number of carbonyl (C=O) groups is 1. The van der Waals surface area contributed by atoms with Gasteiger partial charge in [0.25, 0.3) is 5.56 Å². The van der Waals surface area contributed by atoms with Crippen molar-refractivity contribution in [2.24, 2.45) is 0 Å². The number of hydrogen-bond donors (Lipinski definition) is 1. The number of ether oxygens (including phenoxy) is 1. The van der Waals surface area contributed by atoms with Crippen LogP contribution in [0.15, 0.2) is 41.6 Å². The molecule has 3 aromatic heterocycles. The summed E-state index contributed by atoms with van der Waals surface area (Å²) in [5.41, 5.74) is 1.40. The van der Waals surface area contributed by atoms with Gasteiger partial charge in [0.2, 0.25) is 0 Å². The van der Waals surface area contributed by atoms with Crippen LogP contribution in [0.3, 0.4) is 0 Å². The molecule has 0 aliphatic rings. The van der Waals surface area contributed by atoms with Crippen LogP contribution < -0.4 is 5.56 Å². The molecule has 21 heavy (non-hydrogen) atoms. The molecular weight excluding hydrogens is 272 g/mol. The van der Waals surface area contributed by atoms with Crippen LogP contribution in [0.4, 0.5) is 0 Å². The van der Waals surface area contributed by atoms with Crippen LogP contribution in [0.2, 0.25) is 0 Å². The molecule has 7 nitrogen and oxygen atoms in total. The minimum atomic E-state index is -0.518. The van der Waals surface area contributed by atoms with Crippen LogP contribution in [-0.2, 0) is 4.74 Å². The highest BCUT2D eigenvalue weighted by atomic mass is 16.5. The third kappa shape index (κ3) is 2.29. The Morgan fingerprint density at radius 3 is 2.86 bits per heavy atom. The summed E-state index contributed by atoms with van der Waals surface area (Å²) >= 11 is 0. The Morgan fingerprint density at radius 1 is 1.38 bits per heavy atom. The van der Waals surface area contributed by atoms with E-state index in [-0.39, 0.29) is 23.4 Å². The second kappa shape index (κ2) is 5.20. The van der Waals surface area contributed by atoms with E-state index >= 15 is 0 Å². The Morgan fingerprint density at radius 2 is 2.14 bits per heavy atom. The van der Waals surface area contributed by atoms with Crippen LogP contribution in [0, 0.1) is 0 Å². The normalized spacial score (nSPS) is 10.7. The van der Waals surface area contributed by atoms with Crippen LogP contribution in [0.5, 0.6) is 0 Å². The van der Waals surface area contributed by atoms with E-state index in [1.807, 2.05) is 0 Å². The van der Waals surface area contributed by atoms with E-state index in [9.17, 15) is 9.59 Å². The smallest absolute Gasteiger partial charge is 0.343 e. The molecule has 0 radical (unpaired) electrons. The number of nitrogens with one attached hydrogen (secondary N) is 1. The summed E-state index contributed by atoms with van der Waals surface area (Å²) in [4.78, 5) is 32.3. The molecule has 0 fully saturated rings. The molecular formula is C14H12N4O3. The van der Waals surface area contributed by atoms with Gasteiger partial charge in [-0.25, -0.2) is 14.3 Å². The topological polar surface area (TPSA) is 89.4 Å². The molecule has 0 aliphatic carbocycles. The van der Waals surface area contributed by atoms with Gasteiger partial charge in [-0.2, -0.15) is 0 Å². The Labute approximate surface area is 119 Å². The zero-order valence-electron chi connectivity index (χ0n) is 11.2. The van der Waals surface area contributed by atoms with E-state index in [2.05, 4.69) is 15.1 Å². The monoisotopic (exact) mass is 284 g/mol. The Bertz CT molecular complexity index is 852. The van der Waals surface area contributed by atoms with Crippen molar-refractivity contribution < 1.29 is 9.53 Å². The molecule has 106 valence electrons. The van der Waals surface area contributed by atoms with E-state index in [1.165, 1.54) is 16.8 Å². The number of fused-ring (bicyclic) bond motifs is 1. The third-order valence-corrected chi connectivity index (χ3v) is 2.97. The van der Waals surface area contributed by atoms with Gasteiger partial charge in [-0.15, -0.1) is 0 Å². The number of nitrogens with zero attached hydrogens (tertiary/aromatic N) is 3. The van der Waals surface area contributed by atoms with Gasteiger partial charge in [0, 0.05) is 30.2 Å². The molecule has 3 rings (SSSR count). The lowest BCUT2D eigenvalue weighted by molar-refractivity contribution is 0.0528. The summed E-state index contributed by atoms with van der Waals surface area (Å²) in [7, 11) is 0. The van der Waals surface area contributed by atoms with Crippen molar-refractivity contribution in [3.8, 4) is 11.3 Å². The second-order valence-corrected chi connectivity index (χ2v) is 4.28. The fraction of sp³-hybridized carbons (Fsp3) is 0.143. The maximum absolute atomic E-state index is 12.1. The molecule has 0 aliphatic heterocycles. The molecule has 0 saturated carbocycles. The lowest BCUT2D eigenvalue weighted by atomic mass is 10.2. The van der Waals surface area contributed by atoms with E-state index in [0.717, 1.165) is 5.56 Å². The summed E-state index contributed by atoms with van der Waals surface area (Å²) < 4.78 is 6.16. The molecule has 0 bridgehead atoms. The van der Waals surface area contributed by atoms with Crippen molar-refractivity contribution in [1.29, 1.82) is 0 Å². The zero-order chi connectivity index (χ0) is 14.8. The first-order chi connectivity index (χ1) is 10.2. The fourth-order valence-corrected chi connectivity index (χ4v) is 2.01. The summed E-state index contributed by atoms with van der Waals surface area (Å²) in [6, 6.07) is 4.89. The Hall–Kier alpha value is -2.96. The summed E-state index contributed by atoms with van der Waals surface area (Å²) in [5.74, 6) is -0.518. The summed E-state index contributed by atoms with van der Waals surface area (Å²) in [6.45, 7) is 1.97. The summed E-state index contributed by atoms with van der Waals surface area (Å²) in [5, 5.41) is 2.70. The SMILES string of the molecule is CCOC(=O)c1c[nH]n2c(=O)cc(-c3ccncc3)nc12. The van der Waals surface area contributed by atoms with Crippen LogP contribution >= 0.6 is 0 Å². The maximum Gasteiger partial charge on any atom is 0.343 e. The average Bonchev–Trinajstić information content (AvgIpc) is 2.93. The highest BCUT2D eigenvalue weighted by Gasteiger charge is 2.16. The average molecular weight is 284 g/mol. The molecule has 0 atom stereocenters. The highest BCUT2D eigenvalue weighted by Crippen LogP contribution is 2.16. The van der Waals surface area contributed by atoms with Gasteiger partial charge in [0.1, 0.15) is 5.56 Å². The van der Waals surface area contributed by atoms with Crippen LogP contribution in [0.1, 0.15) is 17.3 Å². The van der Waals surface area contributed by atoms with Crippen molar-refractivity contribution >= 4 is 11.6 Å². The highest BCUT2D eigenvalue weighted by molar-refractivity contribution is 5.95. The molecule has 7 heteroatoms. The number of esters is 1. The number of rotatable bonds is 3. The van der Waals surface area contributed by atoms with Crippen LogP contribution in [0.25, 0.3) is 16.9 Å². The number of hydrogen-bond acceptors (Lipinski definition) is 5. The van der Waals surface area contributed by atoms with E-state index < -0.39 is 5.97 Å². The number of aromatic amines is 1. The third-order valence-electron chi connectivity index (χ3n) is 2.97. The standard InChI is InChI=1S/C14H12N4O3/c1-2-21-14(20)10-8-16-18-12(19)7-11(17-13(10)18)9-3-5-15-6-4-9/h3-8,16H,2H2,1H3. The number of pyridine rings is 1. The molecule has 0 aromatic carbocycles. The molecule has 0 unspecified atom stereocenters. The van der Waals surface area contributed by atoms with Gasteiger partial charge in [-0.05, 0) is 19.1 Å². The second-order valence-electron chi connectivity index (χ2n) is 4.28. The van der Waals surface area contributed by atoms with Crippen LogP contribution in [-0.4, -0.2) is 32.2 Å². The van der Waals surface area contributed by atoms with E-state index in [0.29, 0.717) is 5.69 Å². The first kappa shape index (κ1) is 13.0. The first-order valence-corrected chi connectivity index (χ1v) is 6.39. The minimum absolute atomic E-state index is 0.227. The van der Waals surface area contributed by atoms with Crippen molar-refractivity contribution in [1.82, 2.24) is 19.6 Å². The quantitative estimate of drug-likeness (QED) is 0.731. The predicted molar refractivity (Wildman–Crippen MR) is 75.0 cm³/mol. The van der Waals surface area contributed by atoms with Crippen molar-refractivity contribution in [2.45, 2.75) is 6.92 Å². The minimum Gasteiger partial charge on any atom is -0.462 e.